The van der Waals surface area contributed by atoms with Gasteiger partial charge < -0.3 is 10.5 Å². The van der Waals surface area contributed by atoms with Crippen LogP contribution in [0.4, 0.5) is 5.82 Å². The highest BCUT2D eigenvalue weighted by molar-refractivity contribution is 6.31. The second kappa shape index (κ2) is 4.81. The van der Waals surface area contributed by atoms with Gasteiger partial charge in [0.1, 0.15) is 18.8 Å². The average molecular weight is 236 g/mol. The molecule has 2 N–H and O–H groups in total. The van der Waals surface area contributed by atoms with Gasteiger partial charge in [-0.1, -0.05) is 29.8 Å². The molecule has 0 saturated carbocycles. The van der Waals surface area contributed by atoms with Crippen molar-refractivity contribution in [2.24, 2.45) is 0 Å². The maximum Gasteiger partial charge on any atom is 0.218 e. The summed E-state index contributed by atoms with van der Waals surface area (Å²) in [5.41, 5.74) is 6.40. The first-order valence-electron chi connectivity index (χ1n) is 4.69. The molecule has 0 aliphatic rings. The maximum absolute atomic E-state index is 5.98. The lowest BCUT2D eigenvalue weighted by Crippen LogP contribution is -1.99. The first-order valence-corrected chi connectivity index (χ1v) is 5.07. The molecule has 0 aliphatic carbocycles. The SMILES string of the molecule is Nc1cc(OCc2ccccc2Cl)ncn1. The molecular weight excluding hydrogens is 226 g/mol. The fourth-order valence-corrected chi connectivity index (χ4v) is 1.39. The van der Waals surface area contributed by atoms with Gasteiger partial charge in [-0.05, 0) is 6.07 Å². The first-order chi connectivity index (χ1) is 7.75. The van der Waals surface area contributed by atoms with Crippen molar-refractivity contribution < 1.29 is 4.74 Å². The summed E-state index contributed by atoms with van der Waals surface area (Å²) in [6.45, 7) is 0.357. The standard InChI is InChI=1S/C11H10ClN3O/c12-9-4-2-1-3-8(9)6-16-11-5-10(13)14-7-15-11/h1-5,7H,6H2,(H2,13,14,15). The smallest absolute Gasteiger partial charge is 0.218 e. The van der Waals surface area contributed by atoms with Crippen molar-refractivity contribution in [2.45, 2.75) is 6.61 Å². The molecule has 4 nitrogen and oxygen atoms in total. The summed E-state index contributed by atoms with van der Waals surface area (Å²) in [4.78, 5) is 7.70. The number of nitrogen functional groups attached to an aromatic ring is 1. The van der Waals surface area contributed by atoms with Crippen molar-refractivity contribution in [1.29, 1.82) is 0 Å². The number of rotatable bonds is 3. The van der Waals surface area contributed by atoms with Gasteiger partial charge in [-0.15, -0.1) is 0 Å². The Hall–Kier alpha value is -1.81. The Labute approximate surface area is 98.0 Å². The molecule has 0 aliphatic heterocycles. The fraction of sp³-hybridized carbons (Fsp3) is 0.0909. The monoisotopic (exact) mass is 235 g/mol. The molecule has 0 radical (unpaired) electrons. The molecule has 0 atom stereocenters. The van der Waals surface area contributed by atoms with Crippen LogP contribution < -0.4 is 10.5 Å². The van der Waals surface area contributed by atoms with Crippen LogP contribution in [0.15, 0.2) is 36.7 Å². The van der Waals surface area contributed by atoms with Crippen LogP contribution in [0.1, 0.15) is 5.56 Å². The molecule has 0 spiro atoms. The van der Waals surface area contributed by atoms with Gasteiger partial charge in [0.2, 0.25) is 5.88 Å². The molecule has 2 rings (SSSR count). The topological polar surface area (TPSA) is 61.0 Å². The van der Waals surface area contributed by atoms with Crippen molar-refractivity contribution in [2.75, 3.05) is 5.73 Å². The molecule has 0 fully saturated rings. The van der Waals surface area contributed by atoms with Crippen LogP contribution in [0.2, 0.25) is 5.02 Å². The molecule has 0 saturated heterocycles. The quantitative estimate of drug-likeness (QED) is 0.887. The van der Waals surface area contributed by atoms with Crippen molar-refractivity contribution in [1.82, 2.24) is 9.97 Å². The van der Waals surface area contributed by atoms with Crippen LogP contribution in [0.25, 0.3) is 0 Å². The summed E-state index contributed by atoms with van der Waals surface area (Å²) >= 11 is 5.98. The molecule has 16 heavy (non-hydrogen) atoms. The van der Waals surface area contributed by atoms with Gasteiger partial charge in [0.15, 0.2) is 0 Å². The summed E-state index contributed by atoms with van der Waals surface area (Å²) in [5.74, 6) is 0.816. The van der Waals surface area contributed by atoms with E-state index in [4.69, 9.17) is 22.1 Å². The van der Waals surface area contributed by atoms with Gasteiger partial charge in [0, 0.05) is 16.7 Å². The average Bonchev–Trinajstić information content (AvgIpc) is 2.28. The second-order valence-electron chi connectivity index (χ2n) is 3.16. The van der Waals surface area contributed by atoms with Crippen molar-refractivity contribution in [3.63, 3.8) is 0 Å². The molecular formula is C11H10ClN3O. The number of nitrogens with two attached hydrogens (primary N) is 1. The molecule has 0 amide bonds. The predicted molar refractivity (Wildman–Crippen MR) is 62.2 cm³/mol. The van der Waals surface area contributed by atoms with E-state index in [9.17, 15) is 0 Å². The van der Waals surface area contributed by atoms with Gasteiger partial charge in [-0.25, -0.2) is 9.97 Å². The highest BCUT2D eigenvalue weighted by Gasteiger charge is 2.01. The molecule has 2 aromatic rings. The molecule has 0 bridgehead atoms. The summed E-state index contributed by atoms with van der Waals surface area (Å²) in [6.07, 6.45) is 1.36. The molecule has 82 valence electrons. The number of benzene rings is 1. The Kier molecular flexibility index (Phi) is 3.22. The molecule has 0 unspecified atom stereocenters. The Balaban J connectivity index is 2.05. The van der Waals surface area contributed by atoms with E-state index in [0.29, 0.717) is 23.3 Å². The zero-order chi connectivity index (χ0) is 11.4. The van der Waals surface area contributed by atoms with Crippen LogP contribution in [0, 0.1) is 0 Å². The van der Waals surface area contributed by atoms with E-state index in [1.807, 2.05) is 24.3 Å². The third-order valence-electron chi connectivity index (χ3n) is 2.00. The van der Waals surface area contributed by atoms with Crippen LogP contribution in [0.3, 0.4) is 0 Å². The number of hydrogen-bond donors (Lipinski definition) is 1. The van der Waals surface area contributed by atoms with E-state index in [-0.39, 0.29) is 0 Å². The van der Waals surface area contributed by atoms with Crippen LogP contribution in [-0.2, 0) is 6.61 Å². The Morgan fingerprint density at radius 1 is 1.25 bits per heavy atom. The molecule has 1 aromatic carbocycles. The van der Waals surface area contributed by atoms with Crippen molar-refractivity contribution >= 4 is 17.4 Å². The maximum atomic E-state index is 5.98. The molecule has 1 heterocycles. The second-order valence-corrected chi connectivity index (χ2v) is 3.57. The Morgan fingerprint density at radius 2 is 2.06 bits per heavy atom. The summed E-state index contributed by atoms with van der Waals surface area (Å²) in [5, 5.41) is 0.671. The number of nitrogens with zero attached hydrogens (tertiary/aromatic N) is 2. The van der Waals surface area contributed by atoms with Gasteiger partial charge in [0.05, 0.1) is 0 Å². The van der Waals surface area contributed by atoms with E-state index in [1.165, 1.54) is 6.33 Å². The Morgan fingerprint density at radius 3 is 2.81 bits per heavy atom. The largest absolute Gasteiger partial charge is 0.473 e. The third kappa shape index (κ3) is 2.61. The number of anilines is 1. The van der Waals surface area contributed by atoms with E-state index in [1.54, 1.807) is 6.07 Å². The number of hydrogen-bond acceptors (Lipinski definition) is 4. The van der Waals surface area contributed by atoms with Gasteiger partial charge >= 0.3 is 0 Å². The number of ether oxygens (including phenoxy) is 1. The fourth-order valence-electron chi connectivity index (χ4n) is 1.20. The van der Waals surface area contributed by atoms with Crippen LogP contribution >= 0.6 is 11.6 Å². The van der Waals surface area contributed by atoms with Crippen molar-refractivity contribution in [3.05, 3.63) is 47.2 Å². The minimum absolute atomic E-state index is 0.357. The van der Waals surface area contributed by atoms with Crippen LogP contribution in [-0.4, -0.2) is 9.97 Å². The normalized spacial score (nSPS) is 10.1. The highest BCUT2D eigenvalue weighted by Crippen LogP contribution is 2.17. The lowest BCUT2D eigenvalue weighted by Gasteiger charge is -2.06. The van der Waals surface area contributed by atoms with E-state index >= 15 is 0 Å². The number of halogens is 1. The first kappa shape index (κ1) is 10.7. The van der Waals surface area contributed by atoms with Gasteiger partial charge in [0.25, 0.3) is 0 Å². The zero-order valence-electron chi connectivity index (χ0n) is 8.43. The number of aromatic nitrogens is 2. The Bertz CT molecular complexity index is 490. The molecule has 5 heteroatoms. The predicted octanol–water partition coefficient (Wildman–Crippen LogP) is 2.29. The van der Waals surface area contributed by atoms with E-state index in [2.05, 4.69) is 9.97 Å². The summed E-state index contributed by atoms with van der Waals surface area (Å²) in [7, 11) is 0. The van der Waals surface area contributed by atoms with Gasteiger partial charge in [-0.2, -0.15) is 0 Å². The lowest BCUT2D eigenvalue weighted by molar-refractivity contribution is 0.293. The minimum atomic E-state index is 0.357. The van der Waals surface area contributed by atoms with E-state index < -0.39 is 0 Å². The lowest BCUT2D eigenvalue weighted by atomic mass is 10.2. The zero-order valence-corrected chi connectivity index (χ0v) is 9.19. The van der Waals surface area contributed by atoms with E-state index in [0.717, 1.165) is 5.56 Å². The van der Waals surface area contributed by atoms with Crippen molar-refractivity contribution in [3.8, 4) is 5.88 Å². The van der Waals surface area contributed by atoms with Crippen LogP contribution in [0.5, 0.6) is 5.88 Å². The highest BCUT2D eigenvalue weighted by atomic mass is 35.5. The summed E-state index contributed by atoms with van der Waals surface area (Å²) in [6, 6.07) is 9.05. The van der Waals surface area contributed by atoms with Gasteiger partial charge in [-0.3, -0.25) is 0 Å². The summed E-state index contributed by atoms with van der Waals surface area (Å²) < 4.78 is 5.44. The minimum Gasteiger partial charge on any atom is -0.473 e. The third-order valence-corrected chi connectivity index (χ3v) is 2.37. The molecule has 1 aromatic heterocycles.